The van der Waals surface area contributed by atoms with Crippen LogP contribution in [0.1, 0.15) is 52.9 Å². The van der Waals surface area contributed by atoms with Gasteiger partial charge in [0.15, 0.2) is 5.78 Å². The molecule has 0 saturated carbocycles. The summed E-state index contributed by atoms with van der Waals surface area (Å²) < 4.78 is 16.9. The fourth-order valence-corrected chi connectivity index (χ4v) is 4.02. The number of allylic oxidation sites excluding steroid dienone is 1. The molecule has 0 spiro atoms. The van der Waals surface area contributed by atoms with Gasteiger partial charge in [0.05, 0.1) is 38.3 Å². The molecule has 9 heteroatoms. The van der Waals surface area contributed by atoms with E-state index in [4.69, 9.17) is 14.2 Å². The number of rotatable bonds is 11. The lowest BCUT2D eigenvalue weighted by atomic mass is 9.85. The molecular weight excluding hydrogens is 456 g/mol. The molecule has 1 saturated heterocycles. The molecule has 0 aromatic heterocycles. The fraction of sp³-hybridized carbons (Fsp3) is 0.615. The Morgan fingerprint density at radius 3 is 2.57 bits per heavy atom. The van der Waals surface area contributed by atoms with Crippen molar-refractivity contribution in [2.45, 2.75) is 71.2 Å². The normalized spacial score (nSPS) is 27.4. The van der Waals surface area contributed by atoms with Crippen molar-refractivity contribution in [2.24, 2.45) is 11.8 Å². The average molecular weight is 493 g/mol. The van der Waals surface area contributed by atoms with Gasteiger partial charge in [-0.05, 0) is 43.9 Å². The Bertz CT molecular complexity index is 883. The number of carbonyl (C=O) groups excluding carboxylic acids is 4. The predicted molar refractivity (Wildman–Crippen MR) is 126 cm³/mol. The van der Waals surface area contributed by atoms with Gasteiger partial charge in [-0.3, -0.25) is 14.4 Å². The summed E-state index contributed by atoms with van der Waals surface area (Å²) in [6.45, 7) is 8.97. The Balaban J connectivity index is 2.29. The lowest BCUT2D eigenvalue weighted by Crippen LogP contribution is -2.34. The number of ether oxygens (including phenoxy) is 3. The van der Waals surface area contributed by atoms with E-state index < -0.39 is 48.4 Å². The molecule has 2 aliphatic rings. The Morgan fingerprint density at radius 2 is 1.94 bits per heavy atom. The molecule has 35 heavy (non-hydrogen) atoms. The van der Waals surface area contributed by atoms with Crippen LogP contribution >= 0.6 is 0 Å². The lowest BCUT2D eigenvalue weighted by Gasteiger charge is -2.28. The highest BCUT2D eigenvalue weighted by molar-refractivity contribution is 6.05. The van der Waals surface area contributed by atoms with Gasteiger partial charge in [-0.1, -0.05) is 19.6 Å². The SMILES string of the molecule is C=C1C(=O)O[C@@H]2/C=C(/CO)CC/C=C(/COCC(C)C(C)O)CC(OC(=O)CC(=O)CC(C)=O)[C@@H]12. The fourth-order valence-electron chi connectivity index (χ4n) is 4.02. The van der Waals surface area contributed by atoms with Gasteiger partial charge < -0.3 is 24.4 Å². The first-order valence-electron chi connectivity index (χ1n) is 11.9. The van der Waals surface area contributed by atoms with Crippen molar-refractivity contribution < 1.29 is 43.6 Å². The molecule has 1 aliphatic heterocycles. The quantitative estimate of drug-likeness (QED) is 0.192. The second-order valence-electron chi connectivity index (χ2n) is 9.36. The molecule has 1 fully saturated rings. The maximum Gasteiger partial charge on any atom is 0.334 e. The lowest BCUT2D eigenvalue weighted by molar-refractivity contribution is -0.153. The number of Topliss-reactive ketones (excluding diaryl/α,β-unsaturated/α-hetero) is 2. The molecule has 0 aromatic rings. The van der Waals surface area contributed by atoms with Gasteiger partial charge in [0.1, 0.15) is 24.4 Å². The van der Waals surface area contributed by atoms with Crippen molar-refractivity contribution in [2.75, 3.05) is 19.8 Å². The molecule has 194 valence electrons. The minimum absolute atomic E-state index is 0.0787. The van der Waals surface area contributed by atoms with Crippen molar-refractivity contribution in [1.82, 2.24) is 0 Å². The van der Waals surface area contributed by atoms with Crippen LogP contribution in [0.25, 0.3) is 0 Å². The summed E-state index contributed by atoms with van der Waals surface area (Å²) in [6, 6.07) is 0. The van der Waals surface area contributed by atoms with Gasteiger partial charge in [-0.25, -0.2) is 4.79 Å². The summed E-state index contributed by atoms with van der Waals surface area (Å²) >= 11 is 0. The molecule has 5 atom stereocenters. The van der Waals surface area contributed by atoms with Crippen LogP contribution in [-0.2, 0) is 33.4 Å². The summed E-state index contributed by atoms with van der Waals surface area (Å²) in [7, 11) is 0. The molecule has 0 aromatic carbocycles. The van der Waals surface area contributed by atoms with E-state index in [1.165, 1.54) is 6.92 Å². The highest BCUT2D eigenvalue weighted by atomic mass is 16.6. The summed E-state index contributed by atoms with van der Waals surface area (Å²) in [6.07, 6.45) is 1.85. The van der Waals surface area contributed by atoms with Gasteiger partial charge in [-0.2, -0.15) is 0 Å². The van der Waals surface area contributed by atoms with E-state index >= 15 is 0 Å². The van der Waals surface area contributed by atoms with Crippen LogP contribution in [0.15, 0.2) is 35.5 Å². The van der Waals surface area contributed by atoms with Crippen LogP contribution in [0.3, 0.4) is 0 Å². The van der Waals surface area contributed by atoms with Gasteiger partial charge >= 0.3 is 11.9 Å². The number of aliphatic hydroxyl groups excluding tert-OH is 2. The molecule has 1 heterocycles. The summed E-state index contributed by atoms with van der Waals surface area (Å²) in [5, 5.41) is 19.5. The van der Waals surface area contributed by atoms with Crippen molar-refractivity contribution in [3.8, 4) is 0 Å². The molecule has 0 bridgehead atoms. The Hall–Kier alpha value is -2.62. The Labute approximate surface area is 205 Å². The van der Waals surface area contributed by atoms with Gasteiger partial charge in [0.2, 0.25) is 0 Å². The van der Waals surface area contributed by atoms with Crippen molar-refractivity contribution >= 4 is 23.5 Å². The third-order valence-electron chi connectivity index (χ3n) is 6.19. The van der Waals surface area contributed by atoms with Crippen LogP contribution in [0.2, 0.25) is 0 Å². The first-order chi connectivity index (χ1) is 16.5. The van der Waals surface area contributed by atoms with Crippen LogP contribution in [0.4, 0.5) is 0 Å². The molecule has 9 nitrogen and oxygen atoms in total. The van der Waals surface area contributed by atoms with Gasteiger partial charge in [0.25, 0.3) is 0 Å². The van der Waals surface area contributed by atoms with E-state index in [9.17, 15) is 29.4 Å². The zero-order chi connectivity index (χ0) is 26.1. The molecule has 0 radical (unpaired) electrons. The summed E-state index contributed by atoms with van der Waals surface area (Å²) in [5.74, 6) is -3.11. The minimum Gasteiger partial charge on any atom is -0.461 e. The van der Waals surface area contributed by atoms with E-state index in [1.807, 2.05) is 13.0 Å². The number of esters is 2. The highest BCUT2D eigenvalue weighted by Gasteiger charge is 2.44. The zero-order valence-electron chi connectivity index (χ0n) is 20.7. The number of aliphatic hydroxyl groups is 2. The third-order valence-corrected chi connectivity index (χ3v) is 6.19. The van der Waals surface area contributed by atoms with Crippen LogP contribution in [0.5, 0.6) is 0 Å². The maximum atomic E-state index is 12.6. The number of hydrogen-bond donors (Lipinski definition) is 2. The minimum atomic E-state index is -0.880. The van der Waals surface area contributed by atoms with Crippen molar-refractivity contribution in [3.63, 3.8) is 0 Å². The number of hydrogen-bond acceptors (Lipinski definition) is 9. The number of ketones is 2. The molecular formula is C26H36O9. The third kappa shape index (κ3) is 8.83. The van der Waals surface area contributed by atoms with Crippen molar-refractivity contribution in [1.29, 1.82) is 0 Å². The summed E-state index contributed by atoms with van der Waals surface area (Å²) in [4.78, 5) is 48.1. The number of fused-ring (bicyclic) bond motifs is 1. The van der Waals surface area contributed by atoms with E-state index in [1.54, 1.807) is 13.0 Å². The number of carbonyl (C=O) groups is 4. The smallest absolute Gasteiger partial charge is 0.334 e. The van der Waals surface area contributed by atoms with Crippen LogP contribution < -0.4 is 0 Å². The standard InChI is InChI=1S/C26H36O9/c1-15(18(4)29)13-33-14-20-7-5-6-19(12-27)9-23-25(17(3)26(32)35-23)22(10-20)34-24(31)11-21(30)8-16(2)28/h7,9,15,18,22-23,25,27,29H,3,5-6,8,10-14H2,1-2,4H3/b19-9+,20-7+/t15?,18?,22?,23-,25-/m1/s1. The second-order valence-corrected chi connectivity index (χ2v) is 9.36. The molecule has 0 amide bonds. The first-order valence-corrected chi connectivity index (χ1v) is 11.9. The Morgan fingerprint density at radius 1 is 1.23 bits per heavy atom. The average Bonchev–Trinajstić information content (AvgIpc) is 3.04. The zero-order valence-corrected chi connectivity index (χ0v) is 20.7. The van der Waals surface area contributed by atoms with E-state index in [0.717, 1.165) is 5.57 Å². The van der Waals surface area contributed by atoms with E-state index in [0.29, 0.717) is 25.0 Å². The Kier molecular flexibility index (Phi) is 11.0. The monoisotopic (exact) mass is 492 g/mol. The molecule has 3 unspecified atom stereocenters. The molecule has 2 rings (SSSR count). The first kappa shape index (κ1) is 28.6. The van der Waals surface area contributed by atoms with Gasteiger partial charge in [0, 0.05) is 17.9 Å². The molecule has 2 N–H and O–H groups in total. The topological polar surface area (TPSA) is 136 Å². The predicted octanol–water partition coefficient (Wildman–Crippen LogP) is 2.00. The van der Waals surface area contributed by atoms with Crippen molar-refractivity contribution in [3.05, 3.63) is 35.5 Å². The molecule has 1 aliphatic carbocycles. The van der Waals surface area contributed by atoms with Gasteiger partial charge in [-0.15, -0.1) is 0 Å². The maximum absolute atomic E-state index is 12.6. The largest absolute Gasteiger partial charge is 0.461 e. The highest BCUT2D eigenvalue weighted by Crippen LogP contribution is 2.36. The van der Waals surface area contributed by atoms with E-state index in [-0.39, 0.29) is 43.3 Å². The van der Waals surface area contributed by atoms with Crippen LogP contribution in [-0.4, -0.2) is 71.9 Å². The van der Waals surface area contributed by atoms with E-state index in [2.05, 4.69) is 6.58 Å². The summed E-state index contributed by atoms with van der Waals surface area (Å²) in [5.41, 5.74) is 1.62. The van der Waals surface area contributed by atoms with Crippen LogP contribution in [0, 0.1) is 11.8 Å². The second kappa shape index (κ2) is 13.5.